The Morgan fingerprint density at radius 1 is 1.55 bits per heavy atom. The summed E-state index contributed by atoms with van der Waals surface area (Å²) in [7, 11) is 0. The molecule has 0 saturated carbocycles. The van der Waals surface area contributed by atoms with Crippen molar-refractivity contribution in [3.63, 3.8) is 0 Å². The summed E-state index contributed by atoms with van der Waals surface area (Å²) in [6, 6.07) is 4.81. The second-order valence-corrected chi connectivity index (χ2v) is 6.05. The van der Waals surface area contributed by atoms with Crippen LogP contribution in [0.3, 0.4) is 0 Å². The van der Waals surface area contributed by atoms with Crippen LogP contribution in [0.4, 0.5) is 10.8 Å². The van der Waals surface area contributed by atoms with Crippen LogP contribution in [0.2, 0.25) is 0 Å². The first-order chi connectivity index (χ1) is 9.72. The van der Waals surface area contributed by atoms with Gasteiger partial charge in [0.15, 0.2) is 5.13 Å². The predicted octanol–water partition coefficient (Wildman–Crippen LogP) is 2.62. The SMILES string of the molecule is O=[N+]([O-])c1ccc2sc(NCC3CCCNC3)nc2c1. The maximum Gasteiger partial charge on any atom is 0.271 e. The number of hydrogen-bond acceptors (Lipinski definition) is 6. The smallest absolute Gasteiger partial charge is 0.271 e. The van der Waals surface area contributed by atoms with Gasteiger partial charge in [-0.3, -0.25) is 10.1 Å². The van der Waals surface area contributed by atoms with E-state index >= 15 is 0 Å². The van der Waals surface area contributed by atoms with Crippen molar-refractivity contribution in [2.24, 2.45) is 5.92 Å². The first kappa shape index (κ1) is 13.3. The highest BCUT2D eigenvalue weighted by Gasteiger charge is 2.14. The number of nitro benzene ring substituents is 1. The van der Waals surface area contributed by atoms with E-state index in [1.807, 2.05) is 0 Å². The standard InChI is InChI=1S/C13H16N4O2S/c18-17(19)10-3-4-12-11(6-10)16-13(20-12)15-8-9-2-1-5-14-7-9/h3-4,6,9,14H,1-2,5,7-8H2,(H,15,16). The number of thiazole rings is 1. The summed E-state index contributed by atoms with van der Waals surface area (Å²) < 4.78 is 0.972. The Kier molecular flexibility index (Phi) is 3.79. The van der Waals surface area contributed by atoms with Crippen LogP contribution in [0, 0.1) is 16.0 Å². The number of hydrogen-bond donors (Lipinski definition) is 2. The molecule has 3 rings (SSSR count). The van der Waals surface area contributed by atoms with Gasteiger partial charge in [0.25, 0.3) is 5.69 Å². The van der Waals surface area contributed by atoms with Crippen LogP contribution in [0.1, 0.15) is 12.8 Å². The summed E-state index contributed by atoms with van der Waals surface area (Å²) >= 11 is 1.54. The molecule has 106 valence electrons. The van der Waals surface area contributed by atoms with E-state index in [0.717, 1.165) is 29.5 Å². The van der Waals surface area contributed by atoms with Crippen LogP contribution >= 0.6 is 11.3 Å². The molecule has 1 aromatic carbocycles. The van der Waals surface area contributed by atoms with Crippen molar-refractivity contribution in [1.29, 1.82) is 0 Å². The number of nitro groups is 1. The molecule has 0 spiro atoms. The zero-order valence-electron chi connectivity index (χ0n) is 11.0. The van der Waals surface area contributed by atoms with E-state index in [9.17, 15) is 10.1 Å². The third-order valence-corrected chi connectivity index (χ3v) is 4.52. The molecule has 6 nitrogen and oxygen atoms in total. The largest absolute Gasteiger partial charge is 0.361 e. The number of nitrogens with zero attached hydrogens (tertiary/aromatic N) is 2. The Morgan fingerprint density at radius 3 is 3.20 bits per heavy atom. The van der Waals surface area contributed by atoms with E-state index < -0.39 is 0 Å². The molecule has 1 aliphatic heterocycles. The predicted molar refractivity (Wildman–Crippen MR) is 80.4 cm³/mol. The van der Waals surface area contributed by atoms with Crippen molar-refractivity contribution in [2.45, 2.75) is 12.8 Å². The normalized spacial score (nSPS) is 19.1. The van der Waals surface area contributed by atoms with E-state index in [2.05, 4.69) is 15.6 Å². The fourth-order valence-corrected chi connectivity index (χ4v) is 3.29. The van der Waals surface area contributed by atoms with Crippen LogP contribution < -0.4 is 10.6 Å². The van der Waals surface area contributed by atoms with Crippen LogP contribution in [-0.4, -0.2) is 29.5 Å². The van der Waals surface area contributed by atoms with Gasteiger partial charge in [0.1, 0.15) is 0 Å². The molecule has 1 fully saturated rings. The Hall–Kier alpha value is -1.73. The van der Waals surface area contributed by atoms with E-state index in [0.29, 0.717) is 11.4 Å². The molecular weight excluding hydrogens is 276 g/mol. The Morgan fingerprint density at radius 2 is 2.45 bits per heavy atom. The van der Waals surface area contributed by atoms with Gasteiger partial charge < -0.3 is 10.6 Å². The van der Waals surface area contributed by atoms with Gasteiger partial charge in [0.05, 0.1) is 15.1 Å². The first-order valence-corrected chi connectivity index (χ1v) is 7.53. The number of nitrogens with one attached hydrogen (secondary N) is 2. The second kappa shape index (κ2) is 5.72. The molecular formula is C13H16N4O2S. The summed E-state index contributed by atoms with van der Waals surface area (Å²) in [5.41, 5.74) is 0.777. The lowest BCUT2D eigenvalue weighted by atomic mass is 10.00. The van der Waals surface area contributed by atoms with Crippen LogP contribution in [-0.2, 0) is 0 Å². The number of anilines is 1. The summed E-state index contributed by atoms with van der Waals surface area (Å²) in [6.45, 7) is 3.06. The fraction of sp³-hybridized carbons (Fsp3) is 0.462. The Bertz CT molecular complexity index is 622. The third-order valence-electron chi connectivity index (χ3n) is 3.52. The van der Waals surface area contributed by atoms with Gasteiger partial charge in [-0.05, 0) is 37.9 Å². The first-order valence-electron chi connectivity index (χ1n) is 6.72. The van der Waals surface area contributed by atoms with Gasteiger partial charge in [-0.2, -0.15) is 0 Å². The van der Waals surface area contributed by atoms with Gasteiger partial charge in [-0.1, -0.05) is 11.3 Å². The monoisotopic (exact) mass is 292 g/mol. The zero-order chi connectivity index (χ0) is 13.9. The number of fused-ring (bicyclic) bond motifs is 1. The minimum absolute atomic E-state index is 0.0887. The molecule has 1 aromatic heterocycles. The van der Waals surface area contributed by atoms with Crippen molar-refractivity contribution in [3.8, 4) is 0 Å². The van der Waals surface area contributed by atoms with E-state index in [1.165, 1.54) is 25.0 Å². The molecule has 20 heavy (non-hydrogen) atoms. The van der Waals surface area contributed by atoms with Crippen molar-refractivity contribution in [1.82, 2.24) is 10.3 Å². The van der Waals surface area contributed by atoms with Crippen LogP contribution in [0.15, 0.2) is 18.2 Å². The Labute approximate surface area is 120 Å². The van der Waals surface area contributed by atoms with Gasteiger partial charge in [-0.15, -0.1) is 0 Å². The molecule has 0 amide bonds. The van der Waals surface area contributed by atoms with E-state index in [-0.39, 0.29) is 10.6 Å². The summed E-state index contributed by atoms with van der Waals surface area (Å²) in [5, 5.41) is 18.3. The molecule has 1 saturated heterocycles. The molecule has 2 heterocycles. The number of rotatable bonds is 4. The van der Waals surface area contributed by atoms with Crippen molar-refractivity contribution >= 4 is 32.4 Å². The molecule has 0 aliphatic carbocycles. The van der Waals surface area contributed by atoms with Gasteiger partial charge >= 0.3 is 0 Å². The van der Waals surface area contributed by atoms with Crippen LogP contribution in [0.5, 0.6) is 0 Å². The molecule has 1 unspecified atom stereocenters. The highest BCUT2D eigenvalue weighted by Crippen LogP contribution is 2.29. The number of benzene rings is 1. The van der Waals surface area contributed by atoms with Crippen molar-refractivity contribution < 1.29 is 4.92 Å². The maximum absolute atomic E-state index is 10.7. The van der Waals surface area contributed by atoms with E-state index in [1.54, 1.807) is 17.4 Å². The molecule has 0 bridgehead atoms. The summed E-state index contributed by atoms with van der Waals surface area (Å²) in [4.78, 5) is 14.8. The summed E-state index contributed by atoms with van der Waals surface area (Å²) in [5.74, 6) is 0.630. The highest BCUT2D eigenvalue weighted by molar-refractivity contribution is 7.22. The number of piperidine rings is 1. The maximum atomic E-state index is 10.7. The van der Waals surface area contributed by atoms with Crippen molar-refractivity contribution in [3.05, 3.63) is 28.3 Å². The number of non-ortho nitro benzene ring substituents is 1. The zero-order valence-corrected chi connectivity index (χ0v) is 11.8. The van der Waals surface area contributed by atoms with Gasteiger partial charge in [-0.25, -0.2) is 4.98 Å². The second-order valence-electron chi connectivity index (χ2n) is 5.02. The Balaban J connectivity index is 1.70. The van der Waals surface area contributed by atoms with Crippen LogP contribution in [0.25, 0.3) is 10.2 Å². The third kappa shape index (κ3) is 2.88. The lowest BCUT2D eigenvalue weighted by Crippen LogP contribution is -2.33. The fourth-order valence-electron chi connectivity index (χ4n) is 2.43. The minimum atomic E-state index is -0.389. The average Bonchev–Trinajstić information content (AvgIpc) is 2.88. The molecule has 2 N–H and O–H groups in total. The highest BCUT2D eigenvalue weighted by atomic mass is 32.1. The molecule has 7 heteroatoms. The molecule has 2 aromatic rings. The molecule has 0 radical (unpaired) electrons. The minimum Gasteiger partial charge on any atom is -0.361 e. The van der Waals surface area contributed by atoms with E-state index in [4.69, 9.17) is 0 Å². The number of aromatic nitrogens is 1. The van der Waals surface area contributed by atoms with Gasteiger partial charge in [0.2, 0.25) is 0 Å². The lowest BCUT2D eigenvalue weighted by Gasteiger charge is -2.22. The average molecular weight is 292 g/mol. The van der Waals surface area contributed by atoms with Crippen molar-refractivity contribution in [2.75, 3.05) is 25.0 Å². The topological polar surface area (TPSA) is 80.1 Å². The lowest BCUT2D eigenvalue weighted by molar-refractivity contribution is -0.384. The quantitative estimate of drug-likeness (QED) is 0.669. The molecule has 1 aliphatic rings. The van der Waals surface area contributed by atoms with Gasteiger partial charge in [0, 0.05) is 18.7 Å². The molecule has 1 atom stereocenters. The summed E-state index contributed by atoms with van der Waals surface area (Å²) in [6.07, 6.45) is 2.45.